The summed E-state index contributed by atoms with van der Waals surface area (Å²) >= 11 is 3.43. The van der Waals surface area contributed by atoms with Gasteiger partial charge in [0.1, 0.15) is 5.75 Å². The van der Waals surface area contributed by atoms with Crippen molar-refractivity contribution in [2.24, 2.45) is 0 Å². The van der Waals surface area contributed by atoms with Gasteiger partial charge in [-0.3, -0.25) is 4.98 Å². The number of rotatable bonds is 5. The summed E-state index contributed by atoms with van der Waals surface area (Å²) in [6.07, 6.45) is 1.50. The highest BCUT2D eigenvalue weighted by molar-refractivity contribution is 9.10. The molecule has 0 saturated carbocycles. The van der Waals surface area contributed by atoms with Gasteiger partial charge < -0.3 is 14.8 Å². The molecule has 0 spiro atoms. The summed E-state index contributed by atoms with van der Waals surface area (Å²) in [4.78, 5) is 15.5. The first-order valence-electron chi connectivity index (χ1n) is 6.24. The van der Waals surface area contributed by atoms with Crippen molar-refractivity contribution in [2.75, 3.05) is 19.5 Å². The lowest BCUT2D eigenvalue weighted by Crippen LogP contribution is -2.05. The van der Waals surface area contributed by atoms with Gasteiger partial charge in [0.15, 0.2) is 0 Å². The van der Waals surface area contributed by atoms with E-state index in [4.69, 9.17) is 4.74 Å². The van der Waals surface area contributed by atoms with Crippen molar-refractivity contribution in [3.8, 4) is 5.75 Å². The third kappa shape index (κ3) is 4.19. The Morgan fingerprint density at radius 1 is 1.29 bits per heavy atom. The van der Waals surface area contributed by atoms with Gasteiger partial charge in [-0.15, -0.1) is 0 Å². The summed E-state index contributed by atoms with van der Waals surface area (Å²) in [5.74, 6) is 0.375. The maximum atomic E-state index is 11.3. The molecule has 0 aliphatic rings. The lowest BCUT2D eigenvalue weighted by molar-refractivity contribution is 0.0600. The molecule has 0 aliphatic carbocycles. The van der Waals surface area contributed by atoms with Crippen molar-refractivity contribution in [3.05, 3.63) is 52.3 Å². The Morgan fingerprint density at radius 3 is 2.71 bits per heavy atom. The SMILES string of the molecule is COC(=O)c1ccc(CNc2cc(Br)cc(OC)c2)nc1. The molecule has 1 heterocycles. The Bertz CT molecular complexity index is 629. The summed E-state index contributed by atoms with van der Waals surface area (Å²) in [6.45, 7) is 0.543. The summed E-state index contributed by atoms with van der Waals surface area (Å²) in [6, 6.07) is 9.21. The summed E-state index contributed by atoms with van der Waals surface area (Å²) in [5, 5.41) is 3.25. The van der Waals surface area contributed by atoms with Crippen LogP contribution in [0.25, 0.3) is 0 Å². The number of ether oxygens (including phenoxy) is 2. The van der Waals surface area contributed by atoms with Crippen LogP contribution in [0.5, 0.6) is 5.75 Å². The average molecular weight is 351 g/mol. The number of carbonyl (C=O) groups excluding carboxylic acids is 1. The first kappa shape index (κ1) is 15.3. The van der Waals surface area contributed by atoms with Crippen molar-refractivity contribution >= 4 is 27.6 Å². The van der Waals surface area contributed by atoms with Crippen molar-refractivity contribution < 1.29 is 14.3 Å². The van der Waals surface area contributed by atoms with Crippen LogP contribution in [0.1, 0.15) is 16.1 Å². The van der Waals surface area contributed by atoms with Crippen molar-refractivity contribution in [3.63, 3.8) is 0 Å². The van der Waals surface area contributed by atoms with E-state index >= 15 is 0 Å². The van der Waals surface area contributed by atoms with E-state index in [9.17, 15) is 4.79 Å². The Kier molecular flexibility index (Phi) is 5.16. The number of halogens is 1. The third-order valence-electron chi connectivity index (χ3n) is 2.83. The maximum absolute atomic E-state index is 11.3. The number of methoxy groups -OCH3 is 2. The number of nitrogens with zero attached hydrogens (tertiary/aromatic N) is 1. The standard InChI is InChI=1S/C15H15BrN2O3/c1-20-14-6-11(16)5-13(7-14)18-9-12-4-3-10(8-17-12)15(19)21-2/h3-8,18H,9H2,1-2H3. The van der Waals surface area contributed by atoms with Crippen molar-refractivity contribution in [1.82, 2.24) is 4.98 Å². The number of esters is 1. The molecule has 0 aliphatic heterocycles. The largest absolute Gasteiger partial charge is 0.497 e. The number of hydrogen-bond acceptors (Lipinski definition) is 5. The van der Waals surface area contributed by atoms with E-state index in [2.05, 4.69) is 31.0 Å². The topological polar surface area (TPSA) is 60.5 Å². The molecule has 0 saturated heterocycles. The van der Waals surface area contributed by atoms with E-state index in [0.29, 0.717) is 12.1 Å². The van der Waals surface area contributed by atoms with E-state index in [1.807, 2.05) is 18.2 Å². The fraction of sp³-hybridized carbons (Fsp3) is 0.200. The Labute approximate surface area is 131 Å². The van der Waals surface area contributed by atoms with Crippen LogP contribution in [0.3, 0.4) is 0 Å². The molecule has 0 amide bonds. The van der Waals surface area contributed by atoms with Gasteiger partial charge in [0.05, 0.1) is 32.0 Å². The molecule has 1 N–H and O–H groups in total. The van der Waals surface area contributed by atoms with Gasteiger partial charge in [0.25, 0.3) is 0 Å². The third-order valence-corrected chi connectivity index (χ3v) is 3.28. The predicted octanol–water partition coefficient (Wildman–Crippen LogP) is 3.25. The van der Waals surface area contributed by atoms with E-state index < -0.39 is 5.97 Å². The van der Waals surface area contributed by atoms with Crippen LogP contribution in [-0.2, 0) is 11.3 Å². The van der Waals surface area contributed by atoms with E-state index in [1.165, 1.54) is 13.3 Å². The molecule has 1 aromatic heterocycles. The highest BCUT2D eigenvalue weighted by atomic mass is 79.9. The molecule has 0 bridgehead atoms. The second kappa shape index (κ2) is 7.08. The number of carbonyl (C=O) groups is 1. The molecule has 1 aromatic carbocycles. The minimum Gasteiger partial charge on any atom is -0.497 e. The smallest absolute Gasteiger partial charge is 0.339 e. The zero-order valence-electron chi connectivity index (χ0n) is 11.7. The predicted molar refractivity (Wildman–Crippen MR) is 83.6 cm³/mol. The van der Waals surface area contributed by atoms with Crippen LogP contribution < -0.4 is 10.1 Å². The summed E-state index contributed by atoms with van der Waals surface area (Å²) in [5.41, 5.74) is 2.17. The molecule has 0 radical (unpaired) electrons. The number of anilines is 1. The minimum atomic E-state index is -0.390. The monoisotopic (exact) mass is 350 g/mol. The van der Waals surface area contributed by atoms with Crippen LogP contribution in [0.2, 0.25) is 0 Å². The first-order valence-corrected chi connectivity index (χ1v) is 7.03. The highest BCUT2D eigenvalue weighted by Crippen LogP contribution is 2.24. The van der Waals surface area contributed by atoms with Crippen molar-refractivity contribution in [2.45, 2.75) is 6.54 Å². The molecule has 0 unspecified atom stereocenters. The van der Waals surface area contributed by atoms with Gasteiger partial charge in [-0.25, -0.2) is 4.79 Å². The van der Waals surface area contributed by atoms with Crippen LogP contribution in [-0.4, -0.2) is 25.2 Å². The lowest BCUT2D eigenvalue weighted by atomic mass is 10.2. The molecule has 6 heteroatoms. The Morgan fingerprint density at radius 2 is 2.10 bits per heavy atom. The highest BCUT2D eigenvalue weighted by Gasteiger charge is 2.05. The second-order valence-corrected chi connectivity index (χ2v) is 5.18. The van der Waals surface area contributed by atoms with E-state index in [-0.39, 0.29) is 0 Å². The summed E-state index contributed by atoms with van der Waals surface area (Å²) < 4.78 is 10.8. The number of pyridine rings is 1. The summed E-state index contributed by atoms with van der Waals surface area (Å²) in [7, 11) is 2.97. The van der Waals surface area contributed by atoms with Crippen LogP contribution in [0.15, 0.2) is 41.0 Å². The normalized spacial score (nSPS) is 10.0. The number of hydrogen-bond donors (Lipinski definition) is 1. The minimum absolute atomic E-state index is 0.390. The zero-order valence-corrected chi connectivity index (χ0v) is 13.3. The van der Waals surface area contributed by atoms with Gasteiger partial charge in [0, 0.05) is 22.4 Å². The fourth-order valence-corrected chi connectivity index (χ4v) is 2.22. The number of benzene rings is 1. The fourth-order valence-electron chi connectivity index (χ4n) is 1.74. The van der Waals surface area contributed by atoms with Gasteiger partial charge in [-0.1, -0.05) is 15.9 Å². The first-order chi connectivity index (χ1) is 10.1. The van der Waals surface area contributed by atoms with E-state index in [0.717, 1.165) is 21.6 Å². The van der Waals surface area contributed by atoms with Gasteiger partial charge in [-0.05, 0) is 24.3 Å². The molecule has 0 fully saturated rings. The zero-order chi connectivity index (χ0) is 15.2. The maximum Gasteiger partial charge on any atom is 0.339 e. The van der Waals surface area contributed by atoms with Gasteiger partial charge >= 0.3 is 5.97 Å². The molecule has 0 atom stereocenters. The Hall–Kier alpha value is -2.08. The van der Waals surface area contributed by atoms with Crippen LogP contribution in [0.4, 0.5) is 5.69 Å². The van der Waals surface area contributed by atoms with Crippen LogP contribution in [0, 0.1) is 0 Å². The van der Waals surface area contributed by atoms with Crippen LogP contribution >= 0.6 is 15.9 Å². The second-order valence-electron chi connectivity index (χ2n) is 4.26. The Balaban J connectivity index is 2.03. The van der Waals surface area contributed by atoms with Gasteiger partial charge in [0.2, 0.25) is 0 Å². The molecule has 2 aromatic rings. The molecule has 21 heavy (non-hydrogen) atoms. The average Bonchev–Trinajstić information content (AvgIpc) is 2.52. The quantitative estimate of drug-likeness (QED) is 0.838. The molecule has 2 rings (SSSR count). The lowest BCUT2D eigenvalue weighted by Gasteiger charge is -2.09. The van der Waals surface area contributed by atoms with Crippen molar-refractivity contribution in [1.29, 1.82) is 0 Å². The van der Waals surface area contributed by atoms with Gasteiger partial charge in [-0.2, -0.15) is 0 Å². The number of aromatic nitrogens is 1. The molecular formula is C15H15BrN2O3. The molecule has 110 valence electrons. The van der Waals surface area contributed by atoms with E-state index in [1.54, 1.807) is 19.2 Å². The molecular weight excluding hydrogens is 336 g/mol. The number of nitrogens with one attached hydrogen (secondary N) is 1. The molecule has 5 nitrogen and oxygen atoms in total.